The zero-order chi connectivity index (χ0) is 18.2. The van der Waals surface area contributed by atoms with Gasteiger partial charge in [0.15, 0.2) is 0 Å². The first-order chi connectivity index (χ1) is 12.0. The van der Waals surface area contributed by atoms with Crippen molar-refractivity contribution in [3.05, 3.63) is 48.2 Å². The SMILES string of the molecule is COc1ncccc1NC(=O)N(CCN(C)C)Cc1cccc(O)c1. The first-order valence-corrected chi connectivity index (χ1v) is 7.97. The van der Waals surface area contributed by atoms with Gasteiger partial charge in [-0.1, -0.05) is 12.1 Å². The van der Waals surface area contributed by atoms with Gasteiger partial charge in [-0.2, -0.15) is 0 Å². The Balaban J connectivity index is 2.14. The summed E-state index contributed by atoms with van der Waals surface area (Å²) in [5, 5.41) is 12.5. The number of carbonyl (C=O) groups is 1. The lowest BCUT2D eigenvalue weighted by molar-refractivity contribution is 0.202. The van der Waals surface area contributed by atoms with E-state index >= 15 is 0 Å². The maximum Gasteiger partial charge on any atom is 0.322 e. The summed E-state index contributed by atoms with van der Waals surface area (Å²) in [6.45, 7) is 1.64. The van der Waals surface area contributed by atoms with Crippen molar-refractivity contribution in [3.63, 3.8) is 0 Å². The van der Waals surface area contributed by atoms with Gasteiger partial charge in [0.25, 0.3) is 0 Å². The predicted molar refractivity (Wildman–Crippen MR) is 96.9 cm³/mol. The van der Waals surface area contributed by atoms with E-state index in [4.69, 9.17) is 4.74 Å². The summed E-state index contributed by atoms with van der Waals surface area (Å²) in [5.74, 6) is 0.542. The van der Waals surface area contributed by atoms with Gasteiger partial charge >= 0.3 is 6.03 Å². The molecule has 1 aromatic heterocycles. The van der Waals surface area contributed by atoms with Crippen LogP contribution in [0.3, 0.4) is 0 Å². The number of aromatic nitrogens is 1. The van der Waals surface area contributed by atoms with Crippen LogP contribution < -0.4 is 10.1 Å². The molecule has 0 aliphatic rings. The van der Waals surface area contributed by atoms with Crippen molar-refractivity contribution in [3.8, 4) is 11.6 Å². The zero-order valence-electron chi connectivity index (χ0n) is 14.8. The number of aromatic hydroxyl groups is 1. The maximum atomic E-state index is 12.7. The van der Waals surface area contributed by atoms with E-state index in [1.807, 2.05) is 25.1 Å². The lowest BCUT2D eigenvalue weighted by Crippen LogP contribution is -2.39. The number of benzene rings is 1. The number of urea groups is 1. The summed E-state index contributed by atoms with van der Waals surface area (Å²) < 4.78 is 5.17. The molecule has 0 atom stereocenters. The summed E-state index contributed by atoms with van der Waals surface area (Å²) in [4.78, 5) is 20.5. The molecule has 0 radical (unpaired) electrons. The second-order valence-corrected chi connectivity index (χ2v) is 5.89. The molecule has 0 saturated heterocycles. The molecular formula is C18H24N4O3. The summed E-state index contributed by atoms with van der Waals surface area (Å²) in [6, 6.07) is 10.1. The van der Waals surface area contributed by atoms with E-state index in [9.17, 15) is 9.90 Å². The number of pyridine rings is 1. The average Bonchev–Trinajstić information content (AvgIpc) is 2.59. The third-order valence-corrected chi connectivity index (χ3v) is 3.59. The molecule has 1 aromatic carbocycles. The number of amides is 2. The Kier molecular flexibility index (Phi) is 6.59. The highest BCUT2D eigenvalue weighted by molar-refractivity contribution is 5.90. The number of phenolic OH excluding ortho intramolecular Hbond substituents is 1. The Morgan fingerprint density at radius 3 is 2.72 bits per heavy atom. The van der Waals surface area contributed by atoms with E-state index in [0.717, 1.165) is 12.1 Å². The molecule has 2 N–H and O–H groups in total. The van der Waals surface area contributed by atoms with Crippen LogP contribution in [0.5, 0.6) is 11.6 Å². The first kappa shape index (κ1) is 18.5. The lowest BCUT2D eigenvalue weighted by atomic mass is 10.2. The molecule has 0 fully saturated rings. The van der Waals surface area contributed by atoms with Gasteiger partial charge in [0.2, 0.25) is 5.88 Å². The molecule has 2 aromatic rings. The minimum Gasteiger partial charge on any atom is -0.508 e. The highest BCUT2D eigenvalue weighted by Crippen LogP contribution is 2.21. The number of carbonyl (C=O) groups excluding carboxylic acids is 1. The van der Waals surface area contributed by atoms with Gasteiger partial charge in [-0.15, -0.1) is 0 Å². The minimum atomic E-state index is -0.253. The number of likely N-dealkylation sites (N-methyl/N-ethyl adjacent to an activating group) is 1. The van der Waals surface area contributed by atoms with Crippen molar-refractivity contribution >= 4 is 11.7 Å². The van der Waals surface area contributed by atoms with Crippen LogP contribution in [0.4, 0.5) is 10.5 Å². The van der Waals surface area contributed by atoms with Crippen LogP contribution in [0.15, 0.2) is 42.6 Å². The molecule has 0 spiro atoms. The lowest BCUT2D eigenvalue weighted by Gasteiger charge is -2.25. The number of phenols is 1. The molecule has 2 amide bonds. The number of nitrogens with zero attached hydrogens (tertiary/aromatic N) is 3. The fourth-order valence-corrected chi connectivity index (χ4v) is 2.29. The van der Waals surface area contributed by atoms with E-state index in [-0.39, 0.29) is 11.8 Å². The van der Waals surface area contributed by atoms with E-state index in [2.05, 4.69) is 10.3 Å². The number of ether oxygens (including phenoxy) is 1. The monoisotopic (exact) mass is 344 g/mol. The number of hydrogen-bond donors (Lipinski definition) is 2. The van der Waals surface area contributed by atoms with E-state index in [1.54, 1.807) is 41.4 Å². The first-order valence-electron chi connectivity index (χ1n) is 7.97. The van der Waals surface area contributed by atoms with Crippen molar-refractivity contribution in [2.45, 2.75) is 6.54 Å². The second kappa shape index (κ2) is 8.89. The molecule has 7 nitrogen and oxygen atoms in total. The standard InChI is InChI=1S/C18H24N4O3/c1-21(2)10-11-22(13-14-6-4-7-15(23)12-14)18(24)20-16-8-5-9-19-17(16)25-3/h4-9,12,23H,10-11,13H2,1-3H3,(H,20,24). The fraction of sp³-hybridized carbons (Fsp3) is 0.333. The summed E-state index contributed by atoms with van der Waals surface area (Å²) in [5.41, 5.74) is 1.37. The molecular weight excluding hydrogens is 320 g/mol. The zero-order valence-corrected chi connectivity index (χ0v) is 14.8. The molecule has 0 aliphatic carbocycles. The molecule has 25 heavy (non-hydrogen) atoms. The Labute approximate surface area is 147 Å². The van der Waals surface area contributed by atoms with Crippen LogP contribution in [-0.2, 0) is 6.54 Å². The van der Waals surface area contributed by atoms with Gasteiger partial charge in [0.1, 0.15) is 11.4 Å². The van der Waals surface area contributed by atoms with Gasteiger partial charge in [0.05, 0.1) is 7.11 Å². The van der Waals surface area contributed by atoms with E-state index < -0.39 is 0 Å². The Bertz CT molecular complexity index is 706. The maximum absolute atomic E-state index is 12.7. The van der Waals surface area contributed by atoms with Gasteiger partial charge < -0.3 is 25.0 Å². The number of nitrogens with one attached hydrogen (secondary N) is 1. The Hall–Kier alpha value is -2.80. The van der Waals surface area contributed by atoms with Crippen LogP contribution in [-0.4, -0.2) is 60.2 Å². The minimum absolute atomic E-state index is 0.180. The topological polar surface area (TPSA) is 77.9 Å². The Morgan fingerprint density at radius 2 is 2.04 bits per heavy atom. The smallest absolute Gasteiger partial charge is 0.322 e. The molecule has 1 heterocycles. The van der Waals surface area contributed by atoms with E-state index in [1.165, 1.54) is 7.11 Å². The third-order valence-electron chi connectivity index (χ3n) is 3.59. The molecule has 2 rings (SSSR count). The van der Waals surface area contributed by atoms with Crippen molar-refractivity contribution in [1.82, 2.24) is 14.8 Å². The molecule has 0 saturated carbocycles. The quantitative estimate of drug-likeness (QED) is 0.806. The number of rotatable bonds is 7. The normalized spacial score (nSPS) is 10.6. The van der Waals surface area contributed by atoms with Crippen LogP contribution in [0.1, 0.15) is 5.56 Å². The fourth-order valence-electron chi connectivity index (χ4n) is 2.29. The summed E-state index contributed by atoms with van der Waals surface area (Å²) in [6.07, 6.45) is 1.60. The van der Waals surface area contributed by atoms with Crippen LogP contribution in [0, 0.1) is 0 Å². The highest BCUT2D eigenvalue weighted by atomic mass is 16.5. The second-order valence-electron chi connectivity index (χ2n) is 5.89. The van der Waals surface area contributed by atoms with Crippen molar-refractivity contribution in [2.75, 3.05) is 39.6 Å². The largest absolute Gasteiger partial charge is 0.508 e. The highest BCUT2D eigenvalue weighted by Gasteiger charge is 2.16. The van der Waals surface area contributed by atoms with Crippen molar-refractivity contribution < 1.29 is 14.6 Å². The van der Waals surface area contributed by atoms with Gasteiger partial charge in [-0.25, -0.2) is 9.78 Å². The van der Waals surface area contributed by atoms with Crippen molar-refractivity contribution in [2.24, 2.45) is 0 Å². The number of anilines is 1. The van der Waals surface area contributed by atoms with Crippen LogP contribution >= 0.6 is 0 Å². The number of methoxy groups -OCH3 is 1. The molecule has 134 valence electrons. The van der Waals surface area contributed by atoms with Crippen LogP contribution in [0.25, 0.3) is 0 Å². The number of hydrogen-bond acceptors (Lipinski definition) is 5. The summed E-state index contributed by atoms with van der Waals surface area (Å²) in [7, 11) is 5.41. The van der Waals surface area contributed by atoms with Gasteiger partial charge in [-0.05, 0) is 43.9 Å². The van der Waals surface area contributed by atoms with E-state index in [0.29, 0.717) is 24.7 Å². The third kappa shape index (κ3) is 5.65. The molecule has 0 aliphatic heterocycles. The summed E-state index contributed by atoms with van der Waals surface area (Å²) >= 11 is 0. The predicted octanol–water partition coefficient (Wildman–Crippen LogP) is 2.39. The molecule has 0 unspecified atom stereocenters. The molecule has 0 bridgehead atoms. The average molecular weight is 344 g/mol. The van der Waals surface area contributed by atoms with Crippen LogP contribution in [0.2, 0.25) is 0 Å². The van der Waals surface area contributed by atoms with Gasteiger partial charge in [0, 0.05) is 25.8 Å². The van der Waals surface area contributed by atoms with Gasteiger partial charge in [-0.3, -0.25) is 0 Å². The Morgan fingerprint density at radius 1 is 1.24 bits per heavy atom. The molecule has 7 heteroatoms. The van der Waals surface area contributed by atoms with Crippen molar-refractivity contribution in [1.29, 1.82) is 0 Å².